The molecule has 1 aliphatic heterocycles. The Morgan fingerprint density at radius 1 is 1.19 bits per heavy atom. The molecule has 1 amide bonds. The summed E-state index contributed by atoms with van der Waals surface area (Å²) >= 11 is 0. The number of nitrogens with one attached hydrogen (secondary N) is 2. The van der Waals surface area contributed by atoms with Gasteiger partial charge in [0.1, 0.15) is 0 Å². The van der Waals surface area contributed by atoms with E-state index >= 15 is 0 Å². The van der Waals surface area contributed by atoms with Gasteiger partial charge in [0.05, 0.1) is 6.04 Å². The van der Waals surface area contributed by atoms with Crippen LogP contribution in [0.3, 0.4) is 0 Å². The first kappa shape index (κ1) is 18.4. The number of hydrogen-bond donors (Lipinski definition) is 2. The maximum Gasteiger partial charge on any atom is 0.237 e. The lowest BCUT2D eigenvalue weighted by atomic mass is 9.95. The second-order valence-electron chi connectivity index (χ2n) is 6.38. The van der Waals surface area contributed by atoms with E-state index in [0.717, 1.165) is 44.9 Å². The van der Waals surface area contributed by atoms with Crippen molar-refractivity contribution in [2.45, 2.75) is 71.9 Å². The molecular weight excluding hydrogens is 262 g/mol. The van der Waals surface area contributed by atoms with Gasteiger partial charge in [-0.3, -0.25) is 9.69 Å². The van der Waals surface area contributed by atoms with E-state index in [2.05, 4.69) is 36.3 Å². The zero-order valence-electron chi connectivity index (χ0n) is 14.5. The molecule has 1 saturated heterocycles. The lowest BCUT2D eigenvalue weighted by Crippen LogP contribution is -2.50. The quantitative estimate of drug-likeness (QED) is 0.642. The van der Waals surface area contributed by atoms with Gasteiger partial charge in [-0.15, -0.1) is 0 Å². The van der Waals surface area contributed by atoms with Gasteiger partial charge in [0.25, 0.3) is 0 Å². The lowest BCUT2D eigenvalue weighted by Gasteiger charge is -2.36. The number of hydrogen-bond acceptors (Lipinski definition) is 3. The SMILES string of the molecule is CCCNCC1CCN(C(C)C(=O)NC(CC)CC)CC1. The summed E-state index contributed by atoms with van der Waals surface area (Å²) in [5.41, 5.74) is 0. The molecule has 0 radical (unpaired) electrons. The van der Waals surface area contributed by atoms with Crippen LogP contribution in [0.5, 0.6) is 0 Å². The van der Waals surface area contributed by atoms with Crippen LogP contribution in [0.4, 0.5) is 0 Å². The molecule has 4 heteroatoms. The highest BCUT2D eigenvalue weighted by Gasteiger charge is 2.27. The van der Waals surface area contributed by atoms with Gasteiger partial charge in [-0.2, -0.15) is 0 Å². The standard InChI is InChI=1S/C17H35N3O/c1-5-10-18-13-15-8-11-20(12-9-15)14(4)17(21)19-16(6-2)7-3/h14-16,18H,5-13H2,1-4H3,(H,19,21). The Morgan fingerprint density at radius 3 is 2.33 bits per heavy atom. The van der Waals surface area contributed by atoms with Gasteiger partial charge in [-0.25, -0.2) is 0 Å². The molecule has 1 fully saturated rings. The van der Waals surface area contributed by atoms with Crippen LogP contribution in [0.15, 0.2) is 0 Å². The second kappa shape index (κ2) is 10.2. The van der Waals surface area contributed by atoms with Gasteiger partial charge in [0.2, 0.25) is 5.91 Å². The smallest absolute Gasteiger partial charge is 0.237 e. The molecule has 124 valence electrons. The zero-order valence-corrected chi connectivity index (χ0v) is 14.5. The van der Waals surface area contributed by atoms with Crippen molar-refractivity contribution >= 4 is 5.91 Å². The summed E-state index contributed by atoms with van der Waals surface area (Å²) in [6.45, 7) is 12.9. The van der Waals surface area contributed by atoms with Crippen LogP contribution in [-0.2, 0) is 4.79 Å². The predicted molar refractivity (Wildman–Crippen MR) is 89.4 cm³/mol. The Balaban J connectivity index is 2.30. The van der Waals surface area contributed by atoms with Gasteiger partial charge in [-0.05, 0) is 71.1 Å². The number of carbonyl (C=O) groups is 1. The third kappa shape index (κ3) is 6.35. The molecule has 1 atom stereocenters. The minimum atomic E-state index is 0.00940. The van der Waals surface area contributed by atoms with Crippen LogP contribution in [0.25, 0.3) is 0 Å². The van der Waals surface area contributed by atoms with Gasteiger partial charge < -0.3 is 10.6 Å². The largest absolute Gasteiger partial charge is 0.352 e. The molecule has 0 aromatic carbocycles. The Labute approximate surface area is 131 Å². The van der Waals surface area contributed by atoms with Crippen LogP contribution < -0.4 is 10.6 Å². The third-order valence-electron chi connectivity index (χ3n) is 4.77. The van der Waals surface area contributed by atoms with Gasteiger partial charge in [0, 0.05) is 6.04 Å². The lowest BCUT2D eigenvalue weighted by molar-refractivity contribution is -0.127. The minimum Gasteiger partial charge on any atom is -0.352 e. The van der Waals surface area contributed by atoms with E-state index in [1.165, 1.54) is 19.3 Å². The number of piperidine rings is 1. The van der Waals surface area contributed by atoms with E-state index < -0.39 is 0 Å². The summed E-state index contributed by atoms with van der Waals surface area (Å²) in [4.78, 5) is 14.6. The van der Waals surface area contributed by atoms with Crippen molar-refractivity contribution in [1.82, 2.24) is 15.5 Å². The zero-order chi connectivity index (χ0) is 15.7. The summed E-state index contributed by atoms with van der Waals surface area (Å²) in [6, 6.07) is 0.339. The first-order chi connectivity index (χ1) is 10.1. The number of likely N-dealkylation sites (tertiary alicyclic amines) is 1. The summed E-state index contributed by atoms with van der Waals surface area (Å²) in [7, 11) is 0. The monoisotopic (exact) mass is 297 g/mol. The molecule has 21 heavy (non-hydrogen) atoms. The molecule has 1 unspecified atom stereocenters. The first-order valence-electron chi connectivity index (χ1n) is 8.87. The second-order valence-corrected chi connectivity index (χ2v) is 6.38. The van der Waals surface area contributed by atoms with Crippen molar-refractivity contribution in [1.29, 1.82) is 0 Å². The molecular formula is C17H35N3O. The maximum atomic E-state index is 12.3. The van der Waals surface area contributed by atoms with Crippen molar-refractivity contribution < 1.29 is 4.79 Å². The molecule has 0 aromatic rings. The Kier molecular flexibility index (Phi) is 8.93. The molecule has 0 saturated carbocycles. The van der Waals surface area contributed by atoms with E-state index in [1.54, 1.807) is 0 Å². The number of carbonyl (C=O) groups excluding carboxylic acids is 1. The molecule has 0 spiro atoms. The van der Waals surface area contributed by atoms with Crippen molar-refractivity contribution in [3.63, 3.8) is 0 Å². The van der Waals surface area contributed by atoms with Crippen molar-refractivity contribution in [3.05, 3.63) is 0 Å². The Bertz CT molecular complexity index is 284. The van der Waals surface area contributed by atoms with Crippen LogP contribution in [0.2, 0.25) is 0 Å². The highest BCUT2D eigenvalue weighted by Crippen LogP contribution is 2.18. The predicted octanol–water partition coefficient (Wildman–Crippen LogP) is 2.39. The summed E-state index contributed by atoms with van der Waals surface area (Å²) in [6.07, 6.45) is 5.64. The van der Waals surface area contributed by atoms with E-state index in [9.17, 15) is 4.79 Å². The fourth-order valence-corrected chi connectivity index (χ4v) is 3.01. The maximum absolute atomic E-state index is 12.3. The molecule has 0 aromatic heterocycles. The van der Waals surface area contributed by atoms with E-state index in [-0.39, 0.29) is 11.9 Å². The first-order valence-corrected chi connectivity index (χ1v) is 8.87. The van der Waals surface area contributed by atoms with Crippen molar-refractivity contribution in [2.24, 2.45) is 5.92 Å². The highest BCUT2D eigenvalue weighted by atomic mass is 16.2. The van der Waals surface area contributed by atoms with Crippen molar-refractivity contribution in [2.75, 3.05) is 26.2 Å². The highest BCUT2D eigenvalue weighted by molar-refractivity contribution is 5.81. The fourth-order valence-electron chi connectivity index (χ4n) is 3.01. The van der Waals surface area contributed by atoms with Crippen LogP contribution >= 0.6 is 0 Å². The Hall–Kier alpha value is -0.610. The molecule has 1 heterocycles. The van der Waals surface area contributed by atoms with E-state index in [4.69, 9.17) is 0 Å². The number of amides is 1. The number of rotatable bonds is 9. The molecule has 4 nitrogen and oxygen atoms in total. The van der Waals surface area contributed by atoms with Gasteiger partial charge in [0.15, 0.2) is 0 Å². The molecule has 0 aliphatic carbocycles. The topological polar surface area (TPSA) is 44.4 Å². The summed E-state index contributed by atoms with van der Waals surface area (Å²) in [5.74, 6) is 0.980. The van der Waals surface area contributed by atoms with Gasteiger partial charge >= 0.3 is 0 Å². The van der Waals surface area contributed by atoms with Crippen molar-refractivity contribution in [3.8, 4) is 0 Å². The minimum absolute atomic E-state index is 0.00940. The average Bonchev–Trinajstić information content (AvgIpc) is 2.52. The number of nitrogens with zero attached hydrogens (tertiary/aromatic N) is 1. The molecule has 0 bridgehead atoms. The normalized spacial score (nSPS) is 18.9. The Morgan fingerprint density at radius 2 is 1.81 bits per heavy atom. The van der Waals surface area contributed by atoms with E-state index in [1.807, 2.05) is 6.92 Å². The fraction of sp³-hybridized carbons (Fsp3) is 0.941. The molecule has 2 N–H and O–H groups in total. The van der Waals surface area contributed by atoms with Crippen LogP contribution in [-0.4, -0.2) is 49.1 Å². The van der Waals surface area contributed by atoms with E-state index in [0.29, 0.717) is 6.04 Å². The average molecular weight is 297 g/mol. The third-order valence-corrected chi connectivity index (χ3v) is 4.77. The summed E-state index contributed by atoms with van der Waals surface area (Å²) < 4.78 is 0. The molecule has 1 aliphatic rings. The molecule has 1 rings (SSSR count). The van der Waals surface area contributed by atoms with Crippen LogP contribution in [0, 0.1) is 5.92 Å². The summed E-state index contributed by atoms with van der Waals surface area (Å²) in [5, 5.41) is 6.69. The van der Waals surface area contributed by atoms with Crippen LogP contribution in [0.1, 0.15) is 59.8 Å². The van der Waals surface area contributed by atoms with Gasteiger partial charge in [-0.1, -0.05) is 20.8 Å².